The Labute approximate surface area is 113 Å². The first-order chi connectivity index (χ1) is 6.34. The minimum Gasteiger partial charge on any atom is -1.00 e. The molecular weight excluding hydrogens is 243 g/mol. The normalized spacial score (nSPS) is 10.2. The van der Waals surface area contributed by atoms with Gasteiger partial charge >= 0.3 is 47.5 Å². The summed E-state index contributed by atoms with van der Waals surface area (Å²) in [5.41, 5.74) is -2.43. The third kappa shape index (κ3) is 5.33. The molecule has 0 bridgehead atoms. The Morgan fingerprint density at radius 3 is 1.60 bits per heavy atom. The number of carboxylic acids is 3. The van der Waals surface area contributed by atoms with Gasteiger partial charge in [-0.25, -0.2) is 4.79 Å². The number of carbonyl (C=O) groups is 3. The van der Waals surface area contributed by atoms with Crippen LogP contribution in [0.3, 0.4) is 0 Å². The van der Waals surface area contributed by atoms with Crippen molar-refractivity contribution >= 4 is 29.8 Å². The molecule has 82 valence electrons. The fraction of sp³-hybridized carbons (Fsp3) is 0.500. The van der Waals surface area contributed by atoms with E-state index in [1.807, 2.05) is 0 Å². The standard InChI is InChI=1S/C6H7ClO7.Na.H/c7-14-6(5(12)13,1-3(8)9)2-4(10)11;;/h1-2H2,(H,8,9)(H,10,11)(H,12,13);;/q;+1;-1. The van der Waals surface area contributed by atoms with Crippen molar-refractivity contribution in [3.8, 4) is 0 Å². The second-order valence-electron chi connectivity index (χ2n) is 2.52. The zero-order valence-electron chi connectivity index (χ0n) is 8.77. The third-order valence-corrected chi connectivity index (χ3v) is 1.71. The third-order valence-electron chi connectivity index (χ3n) is 1.41. The largest absolute Gasteiger partial charge is 1.00 e. The Balaban J connectivity index is -0.000000845. The van der Waals surface area contributed by atoms with Crippen molar-refractivity contribution in [1.29, 1.82) is 0 Å². The number of carboxylic acid groups (broad SMARTS) is 3. The molecule has 0 amide bonds. The van der Waals surface area contributed by atoms with Gasteiger partial charge in [0.25, 0.3) is 0 Å². The number of halogens is 1. The predicted molar refractivity (Wildman–Crippen MR) is 42.9 cm³/mol. The molecule has 0 spiro atoms. The van der Waals surface area contributed by atoms with Crippen LogP contribution < -0.4 is 29.6 Å². The van der Waals surface area contributed by atoms with Crippen molar-refractivity contribution in [2.45, 2.75) is 18.4 Å². The molecule has 15 heavy (non-hydrogen) atoms. The van der Waals surface area contributed by atoms with Crippen molar-refractivity contribution in [2.75, 3.05) is 0 Å². The van der Waals surface area contributed by atoms with Gasteiger partial charge in [-0.3, -0.25) is 13.9 Å². The molecule has 0 fully saturated rings. The average molecular weight is 251 g/mol. The molecule has 0 rings (SSSR count). The van der Waals surface area contributed by atoms with Crippen molar-refractivity contribution in [3.05, 3.63) is 0 Å². The van der Waals surface area contributed by atoms with Gasteiger partial charge in [-0.1, -0.05) is 0 Å². The predicted octanol–water partition coefficient (Wildman–Crippen LogP) is -2.95. The number of aliphatic carboxylic acids is 3. The topological polar surface area (TPSA) is 121 Å². The molecule has 0 aromatic carbocycles. The van der Waals surface area contributed by atoms with E-state index >= 15 is 0 Å². The minimum atomic E-state index is -2.43. The molecule has 3 N–H and O–H groups in total. The Morgan fingerprint density at radius 2 is 1.47 bits per heavy atom. The maximum absolute atomic E-state index is 10.6. The van der Waals surface area contributed by atoms with E-state index in [1.54, 1.807) is 0 Å². The monoisotopic (exact) mass is 250 g/mol. The summed E-state index contributed by atoms with van der Waals surface area (Å²) >= 11 is 4.80. The van der Waals surface area contributed by atoms with Gasteiger partial charge in [0.05, 0.1) is 24.7 Å². The second kappa shape index (κ2) is 7.02. The summed E-state index contributed by atoms with van der Waals surface area (Å²) < 4.78 is 3.93. The molecule has 0 aliphatic carbocycles. The fourth-order valence-corrected chi connectivity index (χ4v) is 0.965. The van der Waals surface area contributed by atoms with E-state index in [4.69, 9.17) is 27.2 Å². The Hall–Kier alpha value is -0.340. The van der Waals surface area contributed by atoms with Crippen molar-refractivity contribution in [3.63, 3.8) is 0 Å². The molecule has 0 heterocycles. The van der Waals surface area contributed by atoms with Gasteiger partial charge in [0.2, 0.25) is 5.60 Å². The van der Waals surface area contributed by atoms with Gasteiger partial charge < -0.3 is 16.7 Å². The van der Waals surface area contributed by atoms with E-state index in [9.17, 15) is 14.4 Å². The summed E-state index contributed by atoms with van der Waals surface area (Å²) in [5.74, 6) is -4.78. The van der Waals surface area contributed by atoms with Crippen LogP contribution in [0, 0.1) is 0 Å². The van der Waals surface area contributed by atoms with Crippen LogP contribution in [0.5, 0.6) is 0 Å². The minimum absolute atomic E-state index is 0. The summed E-state index contributed by atoms with van der Waals surface area (Å²) in [6.07, 6.45) is -2.06. The maximum Gasteiger partial charge on any atom is 1.00 e. The molecule has 0 aromatic rings. The van der Waals surface area contributed by atoms with E-state index in [-0.39, 0.29) is 31.0 Å². The first kappa shape index (κ1) is 17.1. The van der Waals surface area contributed by atoms with E-state index in [0.29, 0.717) is 0 Å². The maximum atomic E-state index is 10.6. The zero-order chi connectivity index (χ0) is 11.4. The molecule has 0 aliphatic rings. The van der Waals surface area contributed by atoms with Crippen LogP contribution in [0.4, 0.5) is 0 Å². The van der Waals surface area contributed by atoms with Crippen LogP contribution in [0.25, 0.3) is 0 Å². The fourth-order valence-electron chi connectivity index (χ4n) is 0.790. The summed E-state index contributed by atoms with van der Waals surface area (Å²) in [7, 11) is 0. The van der Waals surface area contributed by atoms with Gasteiger partial charge in [-0.15, -0.1) is 0 Å². The van der Waals surface area contributed by atoms with E-state index in [2.05, 4.69) is 4.29 Å². The molecule has 9 heteroatoms. The smallest absolute Gasteiger partial charge is 1.00 e. The quantitative estimate of drug-likeness (QED) is 0.431. The number of hydrogen-bond acceptors (Lipinski definition) is 4. The van der Waals surface area contributed by atoms with Gasteiger partial charge in [0.1, 0.15) is 0 Å². The SMILES string of the molecule is O=C(O)CC(CC(=O)O)(OCl)C(=O)O.[H-].[Na+]. The first-order valence-electron chi connectivity index (χ1n) is 3.31. The van der Waals surface area contributed by atoms with Crippen LogP contribution in [-0.4, -0.2) is 38.8 Å². The van der Waals surface area contributed by atoms with Crippen LogP contribution in [0.15, 0.2) is 0 Å². The molecule has 0 aliphatic heterocycles. The van der Waals surface area contributed by atoms with Crippen molar-refractivity contribution in [2.24, 2.45) is 0 Å². The summed E-state index contributed by atoms with van der Waals surface area (Å²) in [6.45, 7) is 0. The number of hydrogen-bond donors (Lipinski definition) is 3. The molecule has 0 unspecified atom stereocenters. The number of rotatable bonds is 6. The van der Waals surface area contributed by atoms with E-state index < -0.39 is 36.4 Å². The Bertz CT molecular complexity index is 256. The molecule has 0 aromatic heterocycles. The van der Waals surface area contributed by atoms with Crippen molar-refractivity contribution < 1.29 is 65.0 Å². The van der Waals surface area contributed by atoms with Gasteiger partial charge in [0.15, 0.2) is 0 Å². The average Bonchev–Trinajstić information content (AvgIpc) is 2.00. The molecule has 7 nitrogen and oxygen atoms in total. The Morgan fingerprint density at radius 1 is 1.13 bits per heavy atom. The molecule has 0 saturated carbocycles. The summed E-state index contributed by atoms with van der Waals surface area (Å²) in [5, 5.41) is 25.3. The van der Waals surface area contributed by atoms with Crippen LogP contribution in [-0.2, 0) is 18.7 Å². The molecule has 0 radical (unpaired) electrons. The zero-order valence-corrected chi connectivity index (χ0v) is 10.5. The van der Waals surface area contributed by atoms with E-state index in [0.717, 1.165) is 0 Å². The Kier molecular flexibility index (Phi) is 7.99. The van der Waals surface area contributed by atoms with Crippen LogP contribution >= 0.6 is 11.9 Å². The molecule has 0 atom stereocenters. The second-order valence-corrected chi connectivity index (χ2v) is 2.67. The summed E-state index contributed by atoms with van der Waals surface area (Å²) in [4.78, 5) is 31.1. The van der Waals surface area contributed by atoms with Gasteiger partial charge in [-0.05, 0) is 0 Å². The first-order valence-corrected chi connectivity index (χ1v) is 3.61. The van der Waals surface area contributed by atoms with Gasteiger partial charge in [-0.2, -0.15) is 0 Å². The molecule has 0 saturated heterocycles. The van der Waals surface area contributed by atoms with Crippen LogP contribution in [0.2, 0.25) is 0 Å². The van der Waals surface area contributed by atoms with Crippen molar-refractivity contribution in [1.82, 2.24) is 0 Å². The summed E-state index contributed by atoms with van der Waals surface area (Å²) in [6, 6.07) is 0. The van der Waals surface area contributed by atoms with Gasteiger partial charge in [0, 0.05) is 0 Å². The van der Waals surface area contributed by atoms with Crippen LogP contribution in [0.1, 0.15) is 14.3 Å². The van der Waals surface area contributed by atoms with E-state index in [1.165, 1.54) is 0 Å². The molecular formula is C6H8ClNaO7.